The minimum absolute atomic E-state index is 0.00333. The molecular weight excluding hydrogens is 628 g/mol. The van der Waals surface area contributed by atoms with E-state index in [0.717, 1.165) is 16.7 Å². The largest absolute Gasteiger partial charge is 0.497 e. The summed E-state index contributed by atoms with van der Waals surface area (Å²) in [6.45, 7) is 1.89. The Kier molecular flexibility index (Phi) is 8.67. The third-order valence-corrected chi connectivity index (χ3v) is 14.4. The van der Waals surface area contributed by atoms with Gasteiger partial charge in [-0.1, -0.05) is 71.8 Å². The van der Waals surface area contributed by atoms with Gasteiger partial charge in [-0.2, -0.15) is 0 Å². The van der Waals surface area contributed by atoms with Gasteiger partial charge in [0.15, 0.2) is 19.7 Å². The quantitative estimate of drug-likeness (QED) is 0.208. The minimum Gasteiger partial charge on any atom is -0.497 e. The molecule has 0 aromatic heterocycles. The molecule has 4 aromatic rings. The van der Waals surface area contributed by atoms with Gasteiger partial charge in [0.2, 0.25) is 0 Å². The van der Waals surface area contributed by atoms with Crippen LogP contribution in [0.4, 0.5) is 0 Å². The van der Waals surface area contributed by atoms with Crippen LogP contribution in [-0.4, -0.2) is 40.2 Å². The van der Waals surface area contributed by atoms with Gasteiger partial charge in [-0.25, -0.2) is 16.8 Å². The number of ketones is 1. The maximum atomic E-state index is 14.6. The van der Waals surface area contributed by atoms with Crippen LogP contribution in [0.25, 0.3) is 0 Å². The van der Waals surface area contributed by atoms with Crippen molar-refractivity contribution in [3.05, 3.63) is 125 Å². The average molecular weight is 663 g/mol. The SMILES string of the molecule is COc1ccc(C2CC(=O)C3CC(S(=O)(=O)c4ccc(C)cc4)C(c4cccc(Cl)c4)CC3C2S(=O)(=O)c2ccccc2)cc1. The second kappa shape index (κ2) is 12.4. The Labute approximate surface area is 270 Å². The van der Waals surface area contributed by atoms with Crippen molar-refractivity contribution in [3.63, 3.8) is 0 Å². The summed E-state index contributed by atoms with van der Waals surface area (Å²) < 4.78 is 63.2. The molecule has 0 saturated heterocycles. The highest BCUT2D eigenvalue weighted by molar-refractivity contribution is 7.92. The molecule has 0 amide bonds. The van der Waals surface area contributed by atoms with Crippen LogP contribution in [0.2, 0.25) is 5.02 Å². The number of Topliss-reactive ketones (excluding diaryl/α,β-unsaturated/α-hetero) is 1. The predicted octanol–water partition coefficient (Wildman–Crippen LogP) is 7.21. The molecule has 6 atom stereocenters. The Hall–Kier alpha value is -3.46. The number of hydrogen-bond donors (Lipinski definition) is 0. The molecule has 0 spiro atoms. The molecule has 2 fully saturated rings. The van der Waals surface area contributed by atoms with Crippen molar-refractivity contribution in [2.45, 2.75) is 58.3 Å². The molecule has 2 saturated carbocycles. The van der Waals surface area contributed by atoms with E-state index >= 15 is 0 Å². The standard InChI is InChI=1S/C36H35ClO6S2/c1-23-11-17-29(18-12-23)44(39,40)35-22-32-33(20-30(35)25-7-6-8-26(37)19-25)36(45(41,42)28-9-4-3-5-10-28)31(21-34(32)38)24-13-15-27(43-2)16-14-24/h3-19,30-33,35-36H,20-22H2,1-2H3. The second-order valence-electron chi connectivity index (χ2n) is 12.2. The number of rotatable bonds is 7. The van der Waals surface area contributed by atoms with E-state index in [-0.39, 0.29) is 34.8 Å². The number of aryl methyl sites for hydroxylation is 1. The third-order valence-electron chi connectivity index (χ3n) is 9.63. The molecule has 6 nitrogen and oxygen atoms in total. The molecule has 0 bridgehead atoms. The lowest BCUT2D eigenvalue weighted by atomic mass is 9.61. The number of sulfone groups is 2. The summed E-state index contributed by atoms with van der Waals surface area (Å²) in [5.41, 5.74) is 2.39. The highest BCUT2D eigenvalue weighted by Gasteiger charge is 2.56. The van der Waals surface area contributed by atoms with Crippen molar-refractivity contribution in [2.75, 3.05) is 7.11 Å². The van der Waals surface area contributed by atoms with Gasteiger partial charge in [0.05, 0.1) is 27.4 Å². The Bertz CT molecular complexity index is 1910. The lowest BCUT2D eigenvalue weighted by Gasteiger charge is -2.48. The molecule has 9 heteroatoms. The smallest absolute Gasteiger partial charge is 0.182 e. The van der Waals surface area contributed by atoms with Crippen molar-refractivity contribution in [1.82, 2.24) is 0 Å². The Morgan fingerprint density at radius 1 is 0.689 bits per heavy atom. The Morgan fingerprint density at radius 2 is 1.36 bits per heavy atom. The van der Waals surface area contributed by atoms with Crippen LogP contribution >= 0.6 is 11.6 Å². The first-order chi connectivity index (χ1) is 21.5. The fourth-order valence-electron chi connectivity index (χ4n) is 7.42. The zero-order chi connectivity index (χ0) is 31.9. The maximum absolute atomic E-state index is 14.6. The van der Waals surface area contributed by atoms with Crippen LogP contribution < -0.4 is 4.74 Å². The molecule has 234 valence electrons. The molecule has 0 heterocycles. The van der Waals surface area contributed by atoms with E-state index in [1.165, 1.54) is 0 Å². The number of carbonyl (C=O) groups excluding carboxylic acids is 1. The van der Waals surface area contributed by atoms with Gasteiger partial charge in [-0.05, 0) is 85.3 Å². The summed E-state index contributed by atoms with van der Waals surface area (Å²) in [7, 11) is -6.29. The monoisotopic (exact) mass is 662 g/mol. The van der Waals surface area contributed by atoms with E-state index in [1.54, 1.807) is 92.0 Å². The summed E-state index contributed by atoms with van der Waals surface area (Å²) in [4.78, 5) is 14.4. The van der Waals surface area contributed by atoms with Crippen molar-refractivity contribution in [3.8, 4) is 5.75 Å². The van der Waals surface area contributed by atoms with Crippen LogP contribution in [0.5, 0.6) is 5.75 Å². The topological polar surface area (TPSA) is 94.6 Å². The average Bonchev–Trinajstić information content (AvgIpc) is 3.04. The molecule has 0 N–H and O–H groups in total. The van der Waals surface area contributed by atoms with Crippen LogP contribution in [0.1, 0.15) is 47.8 Å². The van der Waals surface area contributed by atoms with Gasteiger partial charge in [-0.3, -0.25) is 4.79 Å². The van der Waals surface area contributed by atoms with E-state index < -0.39 is 53.8 Å². The number of benzene rings is 4. The van der Waals surface area contributed by atoms with Crippen LogP contribution in [0, 0.1) is 18.8 Å². The van der Waals surface area contributed by atoms with E-state index in [1.807, 2.05) is 25.1 Å². The first kappa shape index (κ1) is 31.5. The fraction of sp³-hybridized carbons (Fsp3) is 0.306. The van der Waals surface area contributed by atoms with Gasteiger partial charge in [0.1, 0.15) is 11.5 Å². The zero-order valence-corrected chi connectivity index (χ0v) is 27.4. The fourth-order valence-corrected chi connectivity index (χ4v) is 11.9. The number of carbonyl (C=O) groups is 1. The lowest BCUT2D eigenvalue weighted by Crippen LogP contribution is -2.53. The normalized spacial score (nSPS) is 25.4. The molecule has 0 aliphatic heterocycles. The van der Waals surface area contributed by atoms with E-state index in [2.05, 4.69) is 0 Å². The molecule has 45 heavy (non-hydrogen) atoms. The van der Waals surface area contributed by atoms with Crippen molar-refractivity contribution in [2.24, 2.45) is 11.8 Å². The summed E-state index contributed by atoms with van der Waals surface area (Å²) in [6.07, 6.45) is 0.242. The second-order valence-corrected chi connectivity index (χ2v) is 16.9. The molecule has 2 aliphatic rings. The highest BCUT2D eigenvalue weighted by Crippen LogP contribution is 2.54. The molecule has 2 aliphatic carbocycles. The summed E-state index contributed by atoms with van der Waals surface area (Å²) in [6, 6.07) is 29.4. The van der Waals surface area contributed by atoms with Crippen LogP contribution in [-0.2, 0) is 24.5 Å². The summed E-state index contributed by atoms with van der Waals surface area (Å²) >= 11 is 6.42. The van der Waals surface area contributed by atoms with Crippen molar-refractivity contribution < 1.29 is 26.4 Å². The number of ether oxygens (including phenoxy) is 1. The number of methoxy groups -OCH3 is 1. The Morgan fingerprint density at radius 3 is 2.00 bits per heavy atom. The number of halogens is 1. The van der Waals surface area contributed by atoms with Gasteiger partial charge < -0.3 is 4.74 Å². The first-order valence-corrected chi connectivity index (χ1v) is 18.5. The van der Waals surface area contributed by atoms with Crippen molar-refractivity contribution in [1.29, 1.82) is 0 Å². The maximum Gasteiger partial charge on any atom is 0.182 e. The van der Waals surface area contributed by atoms with Gasteiger partial charge in [0, 0.05) is 29.2 Å². The minimum atomic E-state index is -3.95. The summed E-state index contributed by atoms with van der Waals surface area (Å²) in [5, 5.41) is -1.41. The van der Waals surface area contributed by atoms with Gasteiger partial charge in [-0.15, -0.1) is 0 Å². The predicted molar refractivity (Wildman–Crippen MR) is 175 cm³/mol. The molecule has 0 radical (unpaired) electrons. The van der Waals surface area contributed by atoms with Crippen LogP contribution in [0.15, 0.2) is 113 Å². The Balaban J connectivity index is 1.50. The zero-order valence-electron chi connectivity index (χ0n) is 25.0. The van der Waals surface area contributed by atoms with E-state index in [0.29, 0.717) is 10.8 Å². The number of fused-ring (bicyclic) bond motifs is 1. The molecular formula is C36H35ClO6S2. The van der Waals surface area contributed by atoms with Crippen molar-refractivity contribution >= 4 is 37.1 Å². The summed E-state index contributed by atoms with van der Waals surface area (Å²) in [5.74, 6) is -2.01. The highest BCUT2D eigenvalue weighted by atomic mass is 35.5. The first-order valence-electron chi connectivity index (χ1n) is 15.0. The van der Waals surface area contributed by atoms with Gasteiger partial charge in [0.25, 0.3) is 0 Å². The van der Waals surface area contributed by atoms with Gasteiger partial charge >= 0.3 is 0 Å². The molecule has 4 aromatic carbocycles. The van der Waals surface area contributed by atoms with Crippen LogP contribution in [0.3, 0.4) is 0 Å². The third kappa shape index (κ3) is 5.96. The number of hydrogen-bond acceptors (Lipinski definition) is 6. The van der Waals surface area contributed by atoms with E-state index in [4.69, 9.17) is 16.3 Å². The molecule has 6 unspecified atom stereocenters. The van der Waals surface area contributed by atoms with E-state index in [9.17, 15) is 21.6 Å². The lowest BCUT2D eigenvalue weighted by molar-refractivity contribution is -0.128. The molecule has 6 rings (SSSR count).